The maximum absolute atomic E-state index is 12.4. The zero-order chi connectivity index (χ0) is 17.7. The number of carbonyl (C=O) groups is 2. The van der Waals surface area contributed by atoms with Crippen LogP contribution in [0.2, 0.25) is 0 Å². The summed E-state index contributed by atoms with van der Waals surface area (Å²) in [6.45, 7) is 3.94. The third-order valence-corrected chi connectivity index (χ3v) is 4.55. The predicted octanol–water partition coefficient (Wildman–Crippen LogP) is 3.02. The quantitative estimate of drug-likeness (QED) is 0.872. The molecule has 1 aliphatic carbocycles. The molecule has 0 heterocycles. The average molecular weight is 331 g/mol. The predicted molar refractivity (Wildman–Crippen MR) is 98.1 cm³/mol. The highest BCUT2D eigenvalue weighted by Crippen LogP contribution is 2.30. The number of hydrogen-bond donors (Lipinski definition) is 2. The van der Waals surface area contributed by atoms with Crippen LogP contribution >= 0.6 is 0 Å². The van der Waals surface area contributed by atoms with Gasteiger partial charge >= 0.3 is 0 Å². The minimum Gasteiger partial charge on any atom is -0.378 e. The first-order valence-corrected chi connectivity index (χ1v) is 8.75. The normalized spacial score (nSPS) is 20.5. The molecule has 24 heavy (non-hydrogen) atoms. The van der Waals surface area contributed by atoms with Crippen molar-refractivity contribution >= 4 is 23.2 Å². The van der Waals surface area contributed by atoms with E-state index in [4.69, 9.17) is 0 Å². The smallest absolute Gasteiger partial charge is 0.227 e. The lowest BCUT2D eigenvalue weighted by atomic mass is 9.81. The molecule has 5 nitrogen and oxygen atoms in total. The lowest BCUT2D eigenvalue weighted by Gasteiger charge is -2.27. The van der Waals surface area contributed by atoms with Crippen LogP contribution in [0.15, 0.2) is 24.3 Å². The first-order chi connectivity index (χ1) is 11.4. The van der Waals surface area contributed by atoms with Gasteiger partial charge in [0.25, 0.3) is 0 Å². The van der Waals surface area contributed by atoms with Gasteiger partial charge in [-0.3, -0.25) is 9.59 Å². The van der Waals surface area contributed by atoms with Gasteiger partial charge in [-0.2, -0.15) is 0 Å². The SMILES string of the molecule is CC(C)NC(=O)C1CCC(C(=O)Nc2ccc(N(C)C)cc2)CC1. The van der Waals surface area contributed by atoms with E-state index in [-0.39, 0.29) is 29.7 Å². The van der Waals surface area contributed by atoms with Gasteiger partial charge in [0.15, 0.2) is 0 Å². The lowest BCUT2D eigenvalue weighted by Crippen LogP contribution is -2.38. The van der Waals surface area contributed by atoms with Gasteiger partial charge in [-0.15, -0.1) is 0 Å². The van der Waals surface area contributed by atoms with Gasteiger partial charge in [0, 0.05) is 43.3 Å². The molecule has 1 saturated carbocycles. The molecule has 0 aromatic heterocycles. The Morgan fingerprint density at radius 3 is 1.92 bits per heavy atom. The Hall–Kier alpha value is -2.04. The highest BCUT2D eigenvalue weighted by atomic mass is 16.2. The molecule has 0 spiro atoms. The molecular formula is C19H29N3O2. The molecule has 0 saturated heterocycles. The molecule has 0 atom stereocenters. The number of hydrogen-bond acceptors (Lipinski definition) is 3. The number of anilines is 2. The molecule has 0 bridgehead atoms. The van der Waals surface area contributed by atoms with Crippen LogP contribution in [0, 0.1) is 11.8 Å². The standard InChI is InChI=1S/C19H29N3O2/c1-13(2)20-18(23)14-5-7-15(8-6-14)19(24)21-16-9-11-17(12-10-16)22(3)4/h9-15H,5-8H2,1-4H3,(H,20,23)(H,21,24). The summed E-state index contributed by atoms with van der Waals surface area (Å²) in [5.74, 6) is 0.246. The van der Waals surface area contributed by atoms with E-state index in [0.29, 0.717) is 0 Å². The van der Waals surface area contributed by atoms with Crippen molar-refractivity contribution in [3.8, 4) is 0 Å². The summed E-state index contributed by atoms with van der Waals surface area (Å²) in [4.78, 5) is 26.5. The summed E-state index contributed by atoms with van der Waals surface area (Å²) in [6, 6.07) is 8.00. The monoisotopic (exact) mass is 331 g/mol. The maximum Gasteiger partial charge on any atom is 0.227 e. The summed E-state index contributed by atoms with van der Waals surface area (Å²) in [5.41, 5.74) is 1.93. The van der Waals surface area contributed by atoms with E-state index in [0.717, 1.165) is 37.1 Å². The van der Waals surface area contributed by atoms with E-state index in [1.165, 1.54) is 0 Å². The summed E-state index contributed by atoms with van der Waals surface area (Å²) in [6.07, 6.45) is 3.13. The van der Waals surface area contributed by atoms with Crippen molar-refractivity contribution in [2.75, 3.05) is 24.3 Å². The molecule has 1 aliphatic rings. The second kappa shape index (κ2) is 8.18. The molecule has 1 fully saturated rings. The third-order valence-electron chi connectivity index (χ3n) is 4.55. The van der Waals surface area contributed by atoms with Crippen LogP contribution in [-0.2, 0) is 9.59 Å². The van der Waals surface area contributed by atoms with Gasteiger partial charge < -0.3 is 15.5 Å². The van der Waals surface area contributed by atoms with E-state index < -0.39 is 0 Å². The number of carbonyl (C=O) groups excluding carboxylic acids is 2. The molecule has 2 rings (SSSR count). The Kier molecular flexibility index (Phi) is 6.23. The molecule has 2 N–H and O–H groups in total. The number of nitrogens with zero attached hydrogens (tertiary/aromatic N) is 1. The third kappa shape index (κ3) is 4.98. The Bertz CT molecular complexity index is 558. The summed E-state index contributed by atoms with van der Waals surface area (Å²) in [5, 5.41) is 5.96. The van der Waals surface area contributed by atoms with Crippen molar-refractivity contribution in [3.63, 3.8) is 0 Å². The molecule has 5 heteroatoms. The van der Waals surface area contributed by atoms with Crippen LogP contribution in [0.4, 0.5) is 11.4 Å². The molecule has 0 aliphatic heterocycles. The second-order valence-corrected chi connectivity index (χ2v) is 7.14. The molecule has 0 radical (unpaired) electrons. The van der Waals surface area contributed by atoms with Crippen molar-refractivity contribution in [1.29, 1.82) is 0 Å². The van der Waals surface area contributed by atoms with Crippen molar-refractivity contribution < 1.29 is 9.59 Å². The van der Waals surface area contributed by atoms with E-state index in [1.807, 2.05) is 57.1 Å². The maximum atomic E-state index is 12.4. The Morgan fingerprint density at radius 1 is 0.958 bits per heavy atom. The Morgan fingerprint density at radius 2 is 1.46 bits per heavy atom. The number of rotatable bonds is 5. The number of amides is 2. The molecule has 2 amide bonds. The van der Waals surface area contributed by atoms with Crippen molar-refractivity contribution in [2.24, 2.45) is 11.8 Å². The average Bonchev–Trinajstić information content (AvgIpc) is 2.54. The topological polar surface area (TPSA) is 61.4 Å². The van der Waals surface area contributed by atoms with Crippen molar-refractivity contribution in [2.45, 2.75) is 45.6 Å². The molecule has 1 aromatic carbocycles. The summed E-state index contributed by atoms with van der Waals surface area (Å²) >= 11 is 0. The van der Waals surface area contributed by atoms with Gasteiger partial charge in [0.1, 0.15) is 0 Å². The van der Waals surface area contributed by atoms with Crippen LogP contribution in [0.5, 0.6) is 0 Å². The second-order valence-electron chi connectivity index (χ2n) is 7.14. The molecule has 1 aromatic rings. The van der Waals surface area contributed by atoms with E-state index in [9.17, 15) is 9.59 Å². The van der Waals surface area contributed by atoms with Gasteiger partial charge in [-0.05, 0) is 63.8 Å². The Labute approximate surface area is 144 Å². The van der Waals surface area contributed by atoms with Gasteiger partial charge in [0.05, 0.1) is 0 Å². The lowest BCUT2D eigenvalue weighted by molar-refractivity contribution is -0.128. The molecular weight excluding hydrogens is 302 g/mol. The van der Waals surface area contributed by atoms with Crippen LogP contribution in [0.25, 0.3) is 0 Å². The Balaban J connectivity index is 1.83. The fourth-order valence-electron chi connectivity index (χ4n) is 3.11. The van der Waals surface area contributed by atoms with Crippen LogP contribution in [0.1, 0.15) is 39.5 Å². The number of nitrogens with one attached hydrogen (secondary N) is 2. The summed E-state index contributed by atoms with van der Waals surface area (Å²) < 4.78 is 0. The van der Waals surface area contributed by atoms with E-state index in [1.54, 1.807) is 0 Å². The molecule has 0 unspecified atom stereocenters. The number of benzene rings is 1. The zero-order valence-corrected chi connectivity index (χ0v) is 15.1. The highest BCUT2D eigenvalue weighted by molar-refractivity contribution is 5.93. The molecule has 132 valence electrons. The summed E-state index contributed by atoms with van der Waals surface area (Å²) in [7, 11) is 3.98. The van der Waals surface area contributed by atoms with Crippen LogP contribution in [-0.4, -0.2) is 32.0 Å². The first-order valence-electron chi connectivity index (χ1n) is 8.75. The minimum absolute atomic E-state index is 0.00150. The van der Waals surface area contributed by atoms with Crippen molar-refractivity contribution in [3.05, 3.63) is 24.3 Å². The van der Waals surface area contributed by atoms with E-state index in [2.05, 4.69) is 10.6 Å². The first kappa shape index (κ1) is 18.3. The van der Waals surface area contributed by atoms with E-state index >= 15 is 0 Å². The van der Waals surface area contributed by atoms with Crippen LogP contribution < -0.4 is 15.5 Å². The van der Waals surface area contributed by atoms with Crippen molar-refractivity contribution in [1.82, 2.24) is 5.32 Å². The zero-order valence-electron chi connectivity index (χ0n) is 15.1. The largest absolute Gasteiger partial charge is 0.378 e. The fourth-order valence-corrected chi connectivity index (χ4v) is 3.11. The highest BCUT2D eigenvalue weighted by Gasteiger charge is 2.30. The fraction of sp³-hybridized carbons (Fsp3) is 0.579. The van der Waals surface area contributed by atoms with Crippen LogP contribution in [0.3, 0.4) is 0 Å². The van der Waals surface area contributed by atoms with Gasteiger partial charge in [-0.25, -0.2) is 0 Å². The minimum atomic E-state index is 0.00150. The van der Waals surface area contributed by atoms with Gasteiger partial charge in [0.2, 0.25) is 11.8 Å². The van der Waals surface area contributed by atoms with Gasteiger partial charge in [-0.1, -0.05) is 0 Å².